The van der Waals surface area contributed by atoms with E-state index in [4.69, 9.17) is 19.2 Å². The van der Waals surface area contributed by atoms with E-state index in [-0.39, 0.29) is 0 Å². The van der Waals surface area contributed by atoms with E-state index in [1.54, 1.807) is 18.0 Å². The lowest BCUT2D eigenvalue weighted by Gasteiger charge is -2.02. The van der Waals surface area contributed by atoms with Gasteiger partial charge in [-0.25, -0.2) is 14.5 Å². The molecule has 3 aromatic heterocycles. The Morgan fingerprint density at radius 1 is 1.03 bits per heavy atom. The zero-order valence-electron chi connectivity index (χ0n) is 19.7. The van der Waals surface area contributed by atoms with Gasteiger partial charge in [-0.15, -0.1) is 0 Å². The Bertz CT molecular complexity index is 1450. The van der Waals surface area contributed by atoms with Crippen LogP contribution >= 0.6 is 11.8 Å². The summed E-state index contributed by atoms with van der Waals surface area (Å²) in [5.41, 5.74) is 7.36. The van der Waals surface area contributed by atoms with Crippen molar-refractivity contribution in [1.29, 1.82) is 0 Å². The summed E-state index contributed by atoms with van der Waals surface area (Å²) in [5, 5.41) is 5.70. The van der Waals surface area contributed by atoms with Gasteiger partial charge in [0.1, 0.15) is 16.5 Å². The fraction of sp³-hybridized carbons (Fsp3) is 0.222. The Labute approximate surface area is 203 Å². The number of thioether (sulfide) groups is 1. The van der Waals surface area contributed by atoms with Crippen molar-refractivity contribution < 1.29 is 9.15 Å². The third kappa shape index (κ3) is 4.43. The second-order valence-corrected chi connectivity index (χ2v) is 9.14. The largest absolute Gasteiger partial charge is 0.494 e. The minimum atomic E-state index is 0.615. The van der Waals surface area contributed by atoms with E-state index in [1.165, 1.54) is 11.1 Å². The maximum absolute atomic E-state index is 5.96. The minimum absolute atomic E-state index is 0.615. The molecule has 6 nitrogen and oxygen atoms in total. The smallest absolute Gasteiger partial charge is 0.226 e. The highest BCUT2D eigenvalue weighted by atomic mass is 32.2. The summed E-state index contributed by atoms with van der Waals surface area (Å²) in [6.45, 7) is 8.79. The molecule has 0 aliphatic heterocycles. The van der Waals surface area contributed by atoms with Gasteiger partial charge in [-0.3, -0.25) is 0 Å². The molecule has 0 amide bonds. The molecule has 5 rings (SSSR count). The summed E-state index contributed by atoms with van der Waals surface area (Å²) < 4.78 is 13.4. The van der Waals surface area contributed by atoms with Crippen molar-refractivity contribution in [1.82, 2.24) is 19.6 Å². The molecular formula is C27H26N4O2S. The van der Waals surface area contributed by atoms with Crippen LogP contribution in [-0.2, 0) is 5.75 Å². The molecule has 0 unspecified atom stereocenters. The number of nitrogens with zero attached hydrogens (tertiary/aromatic N) is 4. The van der Waals surface area contributed by atoms with Gasteiger partial charge in [0.15, 0.2) is 0 Å². The van der Waals surface area contributed by atoms with Crippen LogP contribution in [0.3, 0.4) is 0 Å². The summed E-state index contributed by atoms with van der Waals surface area (Å²) in [6, 6.07) is 16.3. The number of aryl methyl sites for hydroxylation is 3. The third-order valence-corrected chi connectivity index (χ3v) is 6.67. The molecule has 0 aliphatic rings. The number of hydrogen-bond acceptors (Lipinski definition) is 6. The first-order valence-corrected chi connectivity index (χ1v) is 12.2. The van der Waals surface area contributed by atoms with Crippen molar-refractivity contribution in [3.05, 3.63) is 83.5 Å². The summed E-state index contributed by atoms with van der Waals surface area (Å²) >= 11 is 1.64. The fourth-order valence-electron chi connectivity index (χ4n) is 3.92. The number of oxazole rings is 1. The van der Waals surface area contributed by atoms with Crippen LogP contribution in [0.4, 0.5) is 0 Å². The second kappa shape index (κ2) is 9.35. The van der Waals surface area contributed by atoms with Gasteiger partial charge in [0.2, 0.25) is 5.89 Å². The van der Waals surface area contributed by atoms with Crippen LogP contribution in [0.25, 0.3) is 28.2 Å². The van der Waals surface area contributed by atoms with Crippen LogP contribution in [-0.4, -0.2) is 26.2 Å². The number of fused-ring (bicyclic) bond motifs is 1. The van der Waals surface area contributed by atoms with Gasteiger partial charge in [0, 0.05) is 29.3 Å². The van der Waals surface area contributed by atoms with E-state index in [9.17, 15) is 0 Å². The summed E-state index contributed by atoms with van der Waals surface area (Å²) in [4.78, 5) is 9.36. The van der Waals surface area contributed by atoms with Gasteiger partial charge in [-0.05, 0) is 63.6 Å². The summed E-state index contributed by atoms with van der Waals surface area (Å²) in [6.07, 6.45) is 3.67. The molecule has 5 aromatic rings. The number of benzene rings is 2. The van der Waals surface area contributed by atoms with Crippen molar-refractivity contribution in [2.45, 2.75) is 38.5 Å². The average molecular weight is 471 g/mol. The zero-order valence-corrected chi connectivity index (χ0v) is 20.5. The molecule has 0 radical (unpaired) electrons. The van der Waals surface area contributed by atoms with E-state index in [2.05, 4.69) is 43.1 Å². The first-order chi connectivity index (χ1) is 16.5. The van der Waals surface area contributed by atoms with E-state index in [0.29, 0.717) is 18.3 Å². The number of ether oxygens (including phenoxy) is 1. The number of hydrogen-bond donors (Lipinski definition) is 0. The molecule has 0 spiro atoms. The lowest BCUT2D eigenvalue weighted by molar-refractivity contribution is 0.340. The molecule has 2 aromatic carbocycles. The quantitative estimate of drug-likeness (QED) is 0.248. The van der Waals surface area contributed by atoms with E-state index in [1.807, 2.05) is 48.8 Å². The molecule has 0 aliphatic carbocycles. The van der Waals surface area contributed by atoms with E-state index >= 15 is 0 Å². The van der Waals surface area contributed by atoms with Crippen molar-refractivity contribution in [2.24, 2.45) is 0 Å². The second-order valence-electron chi connectivity index (χ2n) is 8.18. The maximum atomic E-state index is 5.96. The molecule has 0 atom stereocenters. The Balaban J connectivity index is 1.37. The standard InChI is InChI=1S/C27H26N4O2S/c1-5-32-21-9-7-20(8-10-21)26-29-24(19(4)33-26)16-34-27-25-15-23(30-31(25)13-12-28-27)22-11-6-17(2)14-18(22)3/h6-15H,5,16H2,1-4H3. The van der Waals surface area contributed by atoms with Gasteiger partial charge in [0.05, 0.1) is 23.5 Å². The monoisotopic (exact) mass is 470 g/mol. The first kappa shape index (κ1) is 22.2. The molecule has 7 heteroatoms. The van der Waals surface area contributed by atoms with Gasteiger partial charge in [0.25, 0.3) is 0 Å². The van der Waals surface area contributed by atoms with Gasteiger partial charge in [-0.2, -0.15) is 5.10 Å². The minimum Gasteiger partial charge on any atom is -0.494 e. The molecule has 0 fully saturated rings. The molecular weight excluding hydrogens is 444 g/mol. The molecule has 0 N–H and O–H groups in total. The Morgan fingerprint density at radius 2 is 1.85 bits per heavy atom. The number of rotatable bonds is 7. The topological polar surface area (TPSA) is 65.5 Å². The van der Waals surface area contributed by atoms with Gasteiger partial charge >= 0.3 is 0 Å². The van der Waals surface area contributed by atoms with Crippen LogP contribution in [0.2, 0.25) is 0 Å². The summed E-state index contributed by atoms with van der Waals surface area (Å²) in [5.74, 6) is 2.92. The zero-order chi connectivity index (χ0) is 23.7. The fourth-order valence-corrected chi connectivity index (χ4v) is 4.90. The molecule has 0 saturated carbocycles. The predicted octanol–water partition coefficient (Wildman–Crippen LogP) is 6.67. The van der Waals surface area contributed by atoms with Crippen LogP contribution in [0.1, 0.15) is 29.5 Å². The Hall–Kier alpha value is -3.58. The van der Waals surface area contributed by atoms with Crippen LogP contribution in [0.5, 0.6) is 5.75 Å². The van der Waals surface area contributed by atoms with E-state index in [0.717, 1.165) is 44.6 Å². The van der Waals surface area contributed by atoms with Crippen LogP contribution < -0.4 is 4.74 Å². The SMILES string of the molecule is CCOc1ccc(-c2nc(CSc3nccn4nc(-c5ccc(C)cc5C)cc34)c(C)o2)cc1. The Kier molecular flexibility index (Phi) is 6.11. The molecule has 0 saturated heterocycles. The lowest BCUT2D eigenvalue weighted by Crippen LogP contribution is -1.92. The van der Waals surface area contributed by atoms with Gasteiger partial charge < -0.3 is 9.15 Å². The average Bonchev–Trinajstić information content (AvgIpc) is 3.42. The molecule has 34 heavy (non-hydrogen) atoms. The Morgan fingerprint density at radius 3 is 2.62 bits per heavy atom. The third-order valence-electron chi connectivity index (χ3n) is 5.66. The number of aromatic nitrogens is 4. The normalized spacial score (nSPS) is 11.3. The highest BCUT2D eigenvalue weighted by Gasteiger charge is 2.15. The first-order valence-electron chi connectivity index (χ1n) is 11.3. The van der Waals surface area contributed by atoms with Crippen LogP contribution in [0.15, 0.2) is 70.4 Å². The lowest BCUT2D eigenvalue weighted by atomic mass is 10.0. The van der Waals surface area contributed by atoms with Crippen molar-refractivity contribution >= 4 is 17.3 Å². The summed E-state index contributed by atoms with van der Waals surface area (Å²) in [7, 11) is 0. The van der Waals surface area contributed by atoms with Crippen molar-refractivity contribution in [3.63, 3.8) is 0 Å². The van der Waals surface area contributed by atoms with Crippen LogP contribution in [0, 0.1) is 20.8 Å². The maximum Gasteiger partial charge on any atom is 0.226 e. The predicted molar refractivity (Wildman–Crippen MR) is 135 cm³/mol. The highest BCUT2D eigenvalue weighted by Crippen LogP contribution is 2.31. The molecule has 0 bridgehead atoms. The van der Waals surface area contributed by atoms with Gasteiger partial charge in [-0.1, -0.05) is 35.5 Å². The van der Waals surface area contributed by atoms with Crippen molar-refractivity contribution in [2.75, 3.05) is 6.61 Å². The highest BCUT2D eigenvalue weighted by molar-refractivity contribution is 7.98. The van der Waals surface area contributed by atoms with E-state index < -0.39 is 0 Å². The molecule has 172 valence electrons. The molecule has 3 heterocycles. The van der Waals surface area contributed by atoms with Crippen molar-refractivity contribution in [3.8, 4) is 28.5 Å².